The Bertz CT molecular complexity index is 216. The number of allylic oxidation sites excluding steroid dienone is 2. The van der Waals surface area contributed by atoms with Crippen LogP contribution in [0.3, 0.4) is 0 Å². The smallest absolute Gasteiger partial charge is 0.159 e. The van der Waals surface area contributed by atoms with E-state index in [1.165, 1.54) is 0 Å². The number of hydrogen-bond donors (Lipinski definition) is 0. The molecular formula is C10H14O2. The molecule has 0 saturated carbocycles. The SMILES string of the molecule is C=CC(CC)OC1=CC(=O)CC1. The first-order chi connectivity index (χ1) is 5.76. The van der Waals surface area contributed by atoms with Crippen LogP contribution < -0.4 is 0 Å². The molecule has 0 aromatic rings. The van der Waals surface area contributed by atoms with Gasteiger partial charge in [0.1, 0.15) is 11.9 Å². The van der Waals surface area contributed by atoms with E-state index in [1.54, 1.807) is 12.2 Å². The van der Waals surface area contributed by atoms with Crippen molar-refractivity contribution in [1.29, 1.82) is 0 Å². The Labute approximate surface area is 72.9 Å². The Morgan fingerprint density at radius 3 is 2.92 bits per heavy atom. The second-order valence-corrected chi connectivity index (χ2v) is 2.88. The molecule has 1 aliphatic carbocycles. The first-order valence-electron chi connectivity index (χ1n) is 4.29. The average molecular weight is 166 g/mol. The highest BCUT2D eigenvalue weighted by molar-refractivity contribution is 5.92. The minimum atomic E-state index is 0.0575. The van der Waals surface area contributed by atoms with Crippen molar-refractivity contribution in [3.63, 3.8) is 0 Å². The van der Waals surface area contributed by atoms with E-state index >= 15 is 0 Å². The summed E-state index contributed by atoms with van der Waals surface area (Å²) in [6, 6.07) is 0. The van der Waals surface area contributed by atoms with Crippen molar-refractivity contribution < 1.29 is 9.53 Å². The summed E-state index contributed by atoms with van der Waals surface area (Å²) in [5, 5.41) is 0. The first-order valence-corrected chi connectivity index (χ1v) is 4.29. The highest BCUT2D eigenvalue weighted by Crippen LogP contribution is 2.18. The maximum atomic E-state index is 10.8. The predicted octanol–water partition coefficient (Wildman–Crippen LogP) is 2.21. The lowest BCUT2D eigenvalue weighted by Crippen LogP contribution is -2.06. The fourth-order valence-corrected chi connectivity index (χ4v) is 1.16. The third-order valence-electron chi connectivity index (χ3n) is 1.91. The van der Waals surface area contributed by atoms with Crippen LogP contribution in [-0.4, -0.2) is 11.9 Å². The quantitative estimate of drug-likeness (QED) is 0.598. The van der Waals surface area contributed by atoms with Crippen LogP contribution in [0.5, 0.6) is 0 Å². The van der Waals surface area contributed by atoms with E-state index < -0.39 is 0 Å². The van der Waals surface area contributed by atoms with Gasteiger partial charge < -0.3 is 4.74 Å². The van der Waals surface area contributed by atoms with Gasteiger partial charge in [-0.1, -0.05) is 19.6 Å². The summed E-state index contributed by atoms with van der Waals surface area (Å²) >= 11 is 0. The molecule has 0 heterocycles. The van der Waals surface area contributed by atoms with Gasteiger partial charge in [0.15, 0.2) is 5.78 Å². The molecule has 12 heavy (non-hydrogen) atoms. The van der Waals surface area contributed by atoms with Crippen LogP contribution in [0.2, 0.25) is 0 Å². The van der Waals surface area contributed by atoms with Crippen molar-refractivity contribution >= 4 is 5.78 Å². The standard InChI is InChI=1S/C10H14O2/c1-3-9(4-2)12-10-6-5-8(11)7-10/h3,7,9H,1,4-6H2,2H3. The van der Waals surface area contributed by atoms with E-state index in [4.69, 9.17) is 4.74 Å². The van der Waals surface area contributed by atoms with Gasteiger partial charge in [-0.2, -0.15) is 0 Å². The van der Waals surface area contributed by atoms with Gasteiger partial charge in [-0.15, -0.1) is 0 Å². The van der Waals surface area contributed by atoms with Gasteiger partial charge in [0.2, 0.25) is 0 Å². The zero-order valence-corrected chi connectivity index (χ0v) is 7.38. The summed E-state index contributed by atoms with van der Waals surface area (Å²) in [6.45, 7) is 5.69. The van der Waals surface area contributed by atoms with Gasteiger partial charge in [0.25, 0.3) is 0 Å². The van der Waals surface area contributed by atoms with Gasteiger partial charge in [0, 0.05) is 18.9 Å². The van der Waals surface area contributed by atoms with Crippen LogP contribution >= 0.6 is 0 Å². The number of ether oxygens (including phenoxy) is 1. The first kappa shape index (κ1) is 9.04. The van der Waals surface area contributed by atoms with E-state index in [0.717, 1.165) is 18.6 Å². The van der Waals surface area contributed by atoms with E-state index in [1.807, 2.05) is 6.92 Å². The molecule has 0 bridgehead atoms. The second-order valence-electron chi connectivity index (χ2n) is 2.88. The molecule has 1 unspecified atom stereocenters. The van der Waals surface area contributed by atoms with Gasteiger partial charge >= 0.3 is 0 Å². The van der Waals surface area contributed by atoms with Crippen molar-refractivity contribution in [3.05, 3.63) is 24.5 Å². The maximum Gasteiger partial charge on any atom is 0.159 e. The van der Waals surface area contributed by atoms with E-state index in [-0.39, 0.29) is 11.9 Å². The summed E-state index contributed by atoms with van der Waals surface area (Å²) in [5.74, 6) is 0.982. The minimum absolute atomic E-state index is 0.0575. The molecule has 0 amide bonds. The van der Waals surface area contributed by atoms with Crippen LogP contribution in [0.15, 0.2) is 24.5 Å². The summed E-state index contributed by atoms with van der Waals surface area (Å²) < 4.78 is 5.50. The zero-order valence-electron chi connectivity index (χ0n) is 7.38. The molecular weight excluding hydrogens is 152 g/mol. The molecule has 0 aromatic heterocycles. The van der Waals surface area contributed by atoms with E-state index in [0.29, 0.717) is 6.42 Å². The second kappa shape index (κ2) is 4.10. The third-order valence-corrected chi connectivity index (χ3v) is 1.91. The van der Waals surface area contributed by atoms with Gasteiger partial charge in [0.05, 0.1) is 0 Å². The Balaban J connectivity index is 2.45. The van der Waals surface area contributed by atoms with Crippen molar-refractivity contribution in [1.82, 2.24) is 0 Å². The predicted molar refractivity (Wildman–Crippen MR) is 47.7 cm³/mol. The Hall–Kier alpha value is -1.05. The molecule has 1 rings (SSSR count). The molecule has 0 saturated heterocycles. The lowest BCUT2D eigenvalue weighted by Gasteiger charge is -2.13. The molecule has 2 nitrogen and oxygen atoms in total. The molecule has 0 aliphatic heterocycles. The number of hydrogen-bond acceptors (Lipinski definition) is 2. The molecule has 1 aliphatic rings. The van der Waals surface area contributed by atoms with Crippen LogP contribution in [0.1, 0.15) is 26.2 Å². The monoisotopic (exact) mass is 166 g/mol. The lowest BCUT2D eigenvalue weighted by molar-refractivity contribution is -0.114. The van der Waals surface area contributed by atoms with Crippen LogP contribution in [0.25, 0.3) is 0 Å². The highest BCUT2D eigenvalue weighted by Gasteiger charge is 2.14. The third kappa shape index (κ3) is 2.22. The van der Waals surface area contributed by atoms with E-state index in [2.05, 4.69) is 6.58 Å². The van der Waals surface area contributed by atoms with Crippen molar-refractivity contribution in [2.24, 2.45) is 0 Å². The molecule has 0 fully saturated rings. The number of ketones is 1. The average Bonchev–Trinajstić information content (AvgIpc) is 2.47. The molecule has 1 atom stereocenters. The van der Waals surface area contributed by atoms with Crippen molar-refractivity contribution in [2.45, 2.75) is 32.3 Å². The highest BCUT2D eigenvalue weighted by atomic mass is 16.5. The number of carbonyl (C=O) groups excluding carboxylic acids is 1. The van der Waals surface area contributed by atoms with Crippen LogP contribution in [0.4, 0.5) is 0 Å². The van der Waals surface area contributed by atoms with Crippen LogP contribution in [-0.2, 0) is 9.53 Å². The fourth-order valence-electron chi connectivity index (χ4n) is 1.16. The largest absolute Gasteiger partial charge is 0.491 e. The zero-order chi connectivity index (χ0) is 8.97. The normalized spacial score (nSPS) is 18.8. The van der Waals surface area contributed by atoms with E-state index in [9.17, 15) is 4.79 Å². The summed E-state index contributed by atoms with van der Waals surface area (Å²) in [5.41, 5.74) is 0. The van der Waals surface area contributed by atoms with Gasteiger partial charge in [-0.05, 0) is 6.42 Å². The van der Waals surface area contributed by atoms with Gasteiger partial charge in [-0.25, -0.2) is 0 Å². The Morgan fingerprint density at radius 2 is 2.50 bits per heavy atom. The topological polar surface area (TPSA) is 26.3 Å². The Morgan fingerprint density at radius 1 is 1.75 bits per heavy atom. The van der Waals surface area contributed by atoms with Crippen molar-refractivity contribution in [3.8, 4) is 0 Å². The summed E-state index contributed by atoms with van der Waals surface area (Å²) in [4.78, 5) is 10.8. The molecule has 2 heteroatoms. The molecule has 66 valence electrons. The minimum Gasteiger partial charge on any atom is -0.491 e. The molecule has 0 spiro atoms. The molecule has 0 aromatic carbocycles. The number of rotatable bonds is 4. The Kier molecular flexibility index (Phi) is 3.09. The summed E-state index contributed by atoms with van der Waals surface area (Å²) in [6.07, 6.45) is 5.67. The van der Waals surface area contributed by atoms with Crippen molar-refractivity contribution in [2.75, 3.05) is 0 Å². The molecule has 0 radical (unpaired) electrons. The lowest BCUT2D eigenvalue weighted by atomic mass is 10.3. The van der Waals surface area contributed by atoms with Gasteiger partial charge in [-0.3, -0.25) is 4.79 Å². The maximum absolute atomic E-state index is 10.8. The fraction of sp³-hybridized carbons (Fsp3) is 0.500. The molecule has 0 N–H and O–H groups in total. The summed E-state index contributed by atoms with van der Waals surface area (Å²) in [7, 11) is 0. The van der Waals surface area contributed by atoms with Crippen LogP contribution in [0, 0.1) is 0 Å². The number of carbonyl (C=O) groups is 1.